The molecule has 2 aromatic rings. The number of hydrogen-bond acceptors (Lipinski definition) is 3. The monoisotopic (exact) mass is 394 g/mol. The van der Waals surface area contributed by atoms with Crippen LogP contribution in [0.15, 0.2) is 36.7 Å². The predicted octanol–water partition coefficient (Wildman–Crippen LogP) is 6.90. The molecule has 1 aliphatic carbocycles. The van der Waals surface area contributed by atoms with Crippen LogP contribution in [0.3, 0.4) is 0 Å². The lowest BCUT2D eigenvalue weighted by atomic mass is 9.82. The number of unbranched alkanes of at least 4 members (excludes halogenated alkanes) is 3. The van der Waals surface area contributed by atoms with Crippen LogP contribution < -0.4 is 4.74 Å². The van der Waals surface area contributed by atoms with Gasteiger partial charge in [-0.25, -0.2) is 9.97 Å². The second kappa shape index (κ2) is 11.9. The Morgan fingerprint density at radius 1 is 0.793 bits per heavy atom. The Labute approximate surface area is 177 Å². The summed E-state index contributed by atoms with van der Waals surface area (Å²) >= 11 is 0. The van der Waals surface area contributed by atoms with E-state index >= 15 is 0 Å². The van der Waals surface area contributed by atoms with Gasteiger partial charge in [0.2, 0.25) is 0 Å². The lowest BCUT2D eigenvalue weighted by Gasteiger charge is -2.27. The normalized spacial score (nSPS) is 19.2. The van der Waals surface area contributed by atoms with E-state index in [0.717, 1.165) is 24.6 Å². The molecule has 0 unspecified atom stereocenters. The molecule has 0 amide bonds. The van der Waals surface area contributed by atoms with Gasteiger partial charge in [-0.15, -0.1) is 0 Å². The Bertz CT molecular complexity index is 688. The third-order valence-corrected chi connectivity index (χ3v) is 6.23. The van der Waals surface area contributed by atoms with E-state index in [4.69, 9.17) is 4.74 Å². The second-order valence-corrected chi connectivity index (χ2v) is 8.68. The van der Waals surface area contributed by atoms with Gasteiger partial charge in [0.15, 0.2) is 0 Å². The second-order valence-electron chi connectivity index (χ2n) is 8.68. The predicted molar refractivity (Wildman–Crippen MR) is 121 cm³/mol. The first-order valence-corrected chi connectivity index (χ1v) is 11.8. The summed E-state index contributed by atoms with van der Waals surface area (Å²) in [4.78, 5) is 9.37. The van der Waals surface area contributed by atoms with Gasteiger partial charge in [-0.3, -0.25) is 0 Å². The largest absolute Gasteiger partial charge is 0.493 e. The summed E-state index contributed by atoms with van der Waals surface area (Å²) in [7, 11) is 0. The molecular weight excluding hydrogens is 356 g/mol. The molecule has 3 rings (SSSR count). The maximum absolute atomic E-state index is 6.08. The van der Waals surface area contributed by atoms with Gasteiger partial charge >= 0.3 is 0 Å². The van der Waals surface area contributed by atoms with Crippen LogP contribution in [0.5, 0.6) is 5.75 Å². The van der Waals surface area contributed by atoms with Gasteiger partial charge < -0.3 is 4.74 Å². The number of rotatable bonds is 11. The van der Waals surface area contributed by atoms with Crippen LogP contribution in [0.2, 0.25) is 0 Å². The number of ether oxygens (including phenoxy) is 1. The first-order valence-electron chi connectivity index (χ1n) is 11.8. The summed E-state index contributed by atoms with van der Waals surface area (Å²) in [5, 5.41) is 0. The number of nitrogens with zero attached hydrogens (tertiary/aromatic N) is 2. The van der Waals surface area contributed by atoms with Gasteiger partial charge in [0, 0.05) is 18.3 Å². The Kier molecular flexibility index (Phi) is 8.98. The molecule has 0 radical (unpaired) electrons. The lowest BCUT2D eigenvalue weighted by molar-refractivity contribution is 0.198. The topological polar surface area (TPSA) is 35.0 Å². The molecular formula is C26H38N2O. The van der Waals surface area contributed by atoms with E-state index in [1.165, 1.54) is 75.3 Å². The van der Waals surface area contributed by atoms with Crippen LogP contribution >= 0.6 is 0 Å². The van der Waals surface area contributed by atoms with Crippen LogP contribution in [-0.2, 0) is 12.8 Å². The molecule has 0 aliphatic heterocycles. The van der Waals surface area contributed by atoms with E-state index in [2.05, 4.69) is 60.5 Å². The fraction of sp³-hybridized carbons (Fsp3) is 0.615. The molecule has 1 aromatic carbocycles. The fourth-order valence-electron chi connectivity index (χ4n) is 4.22. The standard InChI is InChI=1S/C26H38N2O/c1-3-5-7-9-23-18-27-26(28-19-23)24-14-10-22(11-15-24)20-29-25-16-12-21(13-17-25)8-6-4-2/h12-13,16-19,22,24H,3-11,14-15,20H2,1-2H3/t22-,24-. The molecule has 0 spiro atoms. The molecule has 29 heavy (non-hydrogen) atoms. The van der Waals surface area contributed by atoms with Crippen LogP contribution in [-0.4, -0.2) is 16.6 Å². The zero-order valence-corrected chi connectivity index (χ0v) is 18.4. The molecule has 1 heterocycles. The van der Waals surface area contributed by atoms with Crippen molar-refractivity contribution in [3.8, 4) is 5.75 Å². The van der Waals surface area contributed by atoms with Gasteiger partial charge in [-0.1, -0.05) is 45.2 Å². The van der Waals surface area contributed by atoms with Crippen LogP contribution in [0.4, 0.5) is 0 Å². The molecule has 3 heteroatoms. The third kappa shape index (κ3) is 7.13. The summed E-state index contributed by atoms with van der Waals surface area (Å²) in [6.07, 6.45) is 17.5. The van der Waals surface area contributed by atoms with E-state index < -0.39 is 0 Å². The maximum atomic E-state index is 6.08. The highest BCUT2D eigenvalue weighted by molar-refractivity contribution is 5.27. The highest BCUT2D eigenvalue weighted by Crippen LogP contribution is 2.34. The quantitative estimate of drug-likeness (QED) is 0.389. The molecule has 158 valence electrons. The third-order valence-electron chi connectivity index (χ3n) is 6.23. The van der Waals surface area contributed by atoms with Crippen LogP contribution in [0, 0.1) is 5.92 Å². The van der Waals surface area contributed by atoms with Crippen molar-refractivity contribution in [2.24, 2.45) is 5.92 Å². The number of hydrogen-bond donors (Lipinski definition) is 0. The van der Waals surface area contributed by atoms with E-state index in [1.807, 2.05) is 0 Å². The number of benzene rings is 1. The molecule has 1 aromatic heterocycles. The number of aromatic nitrogens is 2. The van der Waals surface area contributed by atoms with E-state index in [-0.39, 0.29) is 0 Å². The molecule has 0 atom stereocenters. The Morgan fingerprint density at radius 3 is 2.10 bits per heavy atom. The molecule has 3 nitrogen and oxygen atoms in total. The molecule has 0 N–H and O–H groups in total. The highest BCUT2D eigenvalue weighted by atomic mass is 16.5. The molecule has 1 saturated carbocycles. The average molecular weight is 395 g/mol. The van der Waals surface area contributed by atoms with Gasteiger partial charge in [-0.05, 0) is 80.5 Å². The van der Waals surface area contributed by atoms with Crippen molar-refractivity contribution < 1.29 is 4.74 Å². The average Bonchev–Trinajstić information content (AvgIpc) is 2.78. The van der Waals surface area contributed by atoms with Crippen molar-refractivity contribution in [3.63, 3.8) is 0 Å². The maximum Gasteiger partial charge on any atom is 0.131 e. The highest BCUT2D eigenvalue weighted by Gasteiger charge is 2.24. The van der Waals surface area contributed by atoms with Crippen molar-refractivity contribution in [2.75, 3.05) is 6.61 Å². The van der Waals surface area contributed by atoms with Gasteiger partial charge in [0.05, 0.1) is 6.61 Å². The first-order chi connectivity index (χ1) is 14.3. The molecule has 0 bridgehead atoms. The lowest BCUT2D eigenvalue weighted by Crippen LogP contribution is -2.20. The minimum atomic E-state index is 0.522. The van der Waals surface area contributed by atoms with Gasteiger partial charge in [0.1, 0.15) is 11.6 Å². The van der Waals surface area contributed by atoms with Crippen LogP contribution in [0.25, 0.3) is 0 Å². The SMILES string of the molecule is CCCCCc1cnc([C@H]2CC[C@H](COc3ccc(CCCC)cc3)CC2)nc1. The van der Waals surface area contributed by atoms with Crippen molar-refractivity contribution in [2.45, 2.75) is 90.4 Å². The summed E-state index contributed by atoms with van der Waals surface area (Å²) < 4.78 is 6.08. The fourth-order valence-corrected chi connectivity index (χ4v) is 4.22. The minimum absolute atomic E-state index is 0.522. The van der Waals surface area contributed by atoms with Crippen molar-refractivity contribution >= 4 is 0 Å². The van der Waals surface area contributed by atoms with E-state index in [9.17, 15) is 0 Å². The Balaban J connectivity index is 1.39. The number of aryl methyl sites for hydroxylation is 2. The first kappa shape index (κ1) is 21.8. The van der Waals surface area contributed by atoms with E-state index in [1.54, 1.807) is 0 Å². The summed E-state index contributed by atoms with van der Waals surface area (Å²) in [6, 6.07) is 8.69. The zero-order chi connectivity index (χ0) is 20.3. The Morgan fingerprint density at radius 2 is 1.45 bits per heavy atom. The molecule has 1 fully saturated rings. The minimum Gasteiger partial charge on any atom is -0.493 e. The molecule has 0 saturated heterocycles. The Hall–Kier alpha value is -1.90. The zero-order valence-electron chi connectivity index (χ0n) is 18.4. The summed E-state index contributed by atoms with van der Waals surface area (Å²) in [5.41, 5.74) is 2.70. The summed E-state index contributed by atoms with van der Waals surface area (Å²) in [6.45, 7) is 5.31. The summed E-state index contributed by atoms with van der Waals surface area (Å²) in [5.74, 6) is 3.23. The molecule has 1 aliphatic rings. The van der Waals surface area contributed by atoms with Crippen molar-refractivity contribution in [3.05, 3.63) is 53.6 Å². The smallest absolute Gasteiger partial charge is 0.131 e. The van der Waals surface area contributed by atoms with E-state index in [0.29, 0.717) is 11.8 Å². The van der Waals surface area contributed by atoms with Crippen LogP contribution in [0.1, 0.15) is 94.5 Å². The van der Waals surface area contributed by atoms with Gasteiger partial charge in [0.25, 0.3) is 0 Å². The van der Waals surface area contributed by atoms with Gasteiger partial charge in [-0.2, -0.15) is 0 Å². The van der Waals surface area contributed by atoms with Crippen molar-refractivity contribution in [1.82, 2.24) is 9.97 Å². The van der Waals surface area contributed by atoms with Crippen molar-refractivity contribution in [1.29, 1.82) is 0 Å².